The van der Waals surface area contributed by atoms with Gasteiger partial charge < -0.3 is 14.6 Å². The Hall–Kier alpha value is -2.63. The van der Waals surface area contributed by atoms with Crippen molar-refractivity contribution >= 4 is 11.9 Å². The smallest absolute Gasteiger partial charge is 0.358 e. The fourth-order valence-electron chi connectivity index (χ4n) is 2.12. The molecule has 0 amide bonds. The van der Waals surface area contributed by atoms with E-state index in [1.165, 1.54) is 17.8 Å². The molecule has 1 aromatic rings. The molecule has 0 saturated heterocycles. The lowest BCUT2D eigenvalue weighted by atomic mass is 10.1. The van der Waals surface area contributed by atoms with Crippen molar-refractivity contribution in [2.45, 2.75) is 47.5 Å². The van der Waals surface area contributed by atoms with Crippen LogP contribution in [0.25, 0.3) is 0 Å². The number of allylic oxidation sites excluding steroid dienone is 3. The van der Waals surface area contributed by atoms with E-state index in [0.29, 0.717) is 6.61 Å². The van der Waals surface area contributed by atoms with Crippen LogP contribution in [-0.2, 0) is 4.74 Å². The summed E-state index contributed by atoms with van der Waals surface area (Å²) >= 11 is 0. The van der Waals surface area contributed by atoms with E-state index in [9.17, 15) is 14.7 Å². The third-order valence-electron chi connectivity index (χ3n) is 3.60. The Morgan fingerprint density at radius 1 is 1.22 bits per heavy atom. The lowest BCUT2D eigenvalue weighted by Crippen LogP contribution is -2.13. The third kappa shape index (κ3) is 8.53. The number of ether oxygens (including phenoxy) is 2. The van der Waals surface area contributed by atoms with Crippen LogP contribution in [0.5, 0.6) is 5.75 Å². The highest BCUT2D eigenvalue weighted by molar-refractivity contribution is 5.93. The van der Waals surface area contributed by atoms with Crippen LogP contribution in [0.1, 0.15) is 68.3 Å². The first kappa shape index (κ1) is 22.4. The number of hydrogen-bond donors (Lipinski definition) is 1. The molecule has 0 bridgehead atoms. The SMILES string of the molecule is CC(C)=CCC/C(C)=C/COC(=O)c1cnc(C(=O)O)c(OCC(C)C)c1. The molecule has 0 unspecified atom stereocenters. The minimum absolute atomic E-state index is 0.0686. The van der Waals surface area contributed by atoms with E-state index in [1.54, 1.807) is 0 Å². The molecule has 0 aliphatic heterocycles. The lowest BCUT2D eigenvalue weighted by Gasteiger charge is -2.11. The van der Waals surface area contributed by atoms with Gasteiger partial charge in [0.1, 0.15) is 6.61 Å². The Kier molecular flexibility index (Phi) is 9.26. The Morgan fingerprint density at radius 3 is 2.52 bits per heavy atom. The van der Waals surface area contributed by atoms with E-state index in [1.807, 2.05) is 26.8 Å². The highest BCUT2D eigenvalue weighted by Gasteiger charge is 2.18. The van der Waals surface area contributed by atoms with Gasteiger partial charge in [0, 0.05) is 6.20 Å². The third-order valence-corrected chi connectivity index (χ3v) is 3.60. The van der Waals surface area contributed by atoms with Crippen molar-refractivity contribution < 1.29 is 24.2 Å². The molecule has 6 nitrogen and oxygen atoms in total. The van der Waals surface area contributed by atoms with Gasteiger partial charge in [-0.1, -0.05) is 31.1 Å². The van der Waals surface area contributed by atoms with Crippen molar-refractivity contribution in [3.63, 3.8) is 0 Å². The first-order valence-electron chi connectivity index (χ1n) is 9.03. The van der Waals surface area contributed by atoms with Crippen LogP contribution in [0.3, 0.4) is 0 Å². The molecule has 6 heteroatoms. The largest absolute Gasteiger partial charge is 0.491 e. The highest BCUT2D eigenvalue weighted by Crippen LogP contribution is 2.20. The summed E-state index contributed by atoms with van der Waals surface area (Å²) in [5.74, 6) is -1.49. The molecular weight excluding hydrogens is 346 g/mol. The minimum atomic E-state index is -1.21. The zero-order chi connectivity index (χ0) is 20.4. The first-order chi connectivity index (χ1) is 12.7. The monoisotopic (exact) mass is 375 g/mol. The fraction of sp³-hybridized carbons (Fsp3) is 0.476. The van der Waals surface area contributed by atoms with Crippen LogP contribution in [0.4, 0.5) is 0 Å². The van der Waals surface area contributed by atoms with Crippen LogP contribution in [0, 0.1) is 5.92 Å². The molecule has 148 valence electrons. The number of pyridine rings is 1. The molecule has 1 rings (SSSR count). The summed E-state index contributed by atoms with van der Waals surface area (Å²) in [5, 5.41) is 9.20. The number of rotatable bonds is 10. The highest BCUT2D eigenvalue weighted by atomic mass is 16.5. The van der Waals surface area contributed by atoms with Crippen molar-refractivity contribution in [3.05, 3.63) is 46.8 Å². The Balaban J connectivity index is 2.72. The zero-order valence-corrected chi connectivity index (χ0v) is 16.7. The van der Waals surface area contributed by atoms with Crippen LogP contribution in [0.15, 0.2) is 35.6 Å². The summed E-state index contributed by atoms with van der Waals surface area (Å²) in [6, 6.07) is 1.37. The predicted octanol–water partition coefficient (Wildman–Crippen LogP) is 4.66. The molecular formula is C21H29NO5. The number of aromatic nitrogens is 1. The number of esters is 1. The van der Waals surface area contributed by atoms with Gasteiger partial charge in [0.2, 0.25) is 0 Å². The van der Waals surface area contributed by atoms with E-state index in [-0.39, 0.29) is 29.5 Å². The Labute approximate surface area is 160 Å². The van der Waals surface area contributed by atoms with E-state index in [0.717, 1.165) is 18.4 Å². The standard InChI is InChI=1S/C21H29NO5/c1-14(2)7-6-8-16(5)9-10-26-21(25)17-11-18(27-13-15(3)4)19(20(23)24)22-12-17/h7,9,11-12,15H,6,8,10,13H2,1-5H3,(H,23,24)/b16-9+. The summed E-state index contributed by atoms with van der Waals surface area (Å²) in [6.07, 6.45) is 7.09. The summed E-state index contributed by atoms with van der Waals surface area (Å²) < 4.78 is 10.7. The number of carboxylic acids is 1. The minimum Gasteiger partial charge on any atom is -0.491 e. The molecule has 0 radical (unpaired) electrons. The zero-order valence-electron chi connectivity index (χ0n) is 16.7. The number of carboxylic acid groups (broad SMARTS) is 1. The number of carbonyl (C=O) groups is 2. The maximum absolute atomic E-state index is 12.2. The molecule has 0 spiro atoms. The van der Waals surface area contributed by atoms with Gasteiger partial charge in [-0.3, -0.25) is 0 Å². The van der Waals surface area contributed by atoms with Crippen LogP contribution >= 0.6 is 0 Å². The predicted molar refractivity (Wildman–Crippen MR) is 104 cm³/mol. The van der Waals surface area contributed by atoms with Crippen molar-refractivity contribution in [1.82, 2.24) is 4.98 Å². The van der Waals surface area contributed by atoms with E-state index < -0.39 is 11.9 Å². The van der Waals surface area contributed by atoms with E-state index in [4.69, 9.17) is 9.47 Å². The maximum atomic E-state index is 12.2. The molecule has 0 fully saturated rings. The van der Waals surface area contributed by atoms with Crippen LogP contribution in [0.2, 0.25) is 0 Å². The number of hydrogen-bond acceptors (Lipinski definition) is 5. The summed E-state index contributed by atoms with van der Waals surface area (Å²) in [6.45, 7) is 10.5. The van der Waals surface area contributed by atoms with Crippen molar-refractivity contribution in [2.24, 2.45) is 5.92 Å². The van der Waals surface area contributed by atoms with Gasteiger partial charge in [-0.25, -0.2) is 14.6 Å². The summed E-state index contributed by atoms with van der Waals surface area (Å²) in [4.78, 5) is 27.3. The number of nitrogens with zero attached hydrogens (tertiary/aromatic N) is 1. The molecule has 1 N–H and O–H groups in total. The molecule has 0 aliphatic rings. The van der Waals surface area contributed by atoms with Crippen molar-refractivity contribution in [1.29, 1.82) is 0 Å². The Bertz CT molecular complexity index is 715. The Morgan fingerprint density at radius 2 is 1.93 bits per heavy atom. The van der Waals surface area contributed by atoms with Gasteiger partial charge in [-0.15, -0.1) is 0 Å². The quantitative estimate of drug-likeness (QED) is 0.473. The summed E-state index contributed by atoms with van der Waals surface area (Å²) in [5.41, 5.74) is 2.36. The van der Waals surface area contributed by atoms with Crippen molar-refractivity contribution in [2.75, 3.05) is 13.2 Å². The molecule has 27 heavy (non-hydrogen) atoms. The molecule has 0 saturated carbocycles. The fourth-order valence-corrected chi connectivity index (χ4v) is 2.12. The van der Waals surface area contributed by atoms with Crippen LogP contribution < -0.4 is 4.74 Å². The van der Waals surface area contributed by atoms with E-state index in [2.05, 4.69) is 24.9 Å². The summed E-state index contributed by atoms with van der Waals surface area (Å²) in [7, 11) is 0. The molecule has 0 aliphatic carbocycles. The van der Waals surface area contributed by atoms with Gasteiger partial charge >= 0.3 is 11.9 Å². The van der Waals surface area contributed by atoms with Gasteiger partial charge in [0.05, 0.1) is 12.2 Å². The van der Waals surface area contributed by atoms with Gasteiger partial charge in [0.15, 0.2) is 11.4 Å². The lowest BCUT2D eigenvalue weighted by molar-refractivity contribution is 0.0545. The average Bonchev–Trinajstić information content (AvgIpc) is 2.59. The average molecular weight is 375 g/mol. The maximum Gasteiger partial charge on any atom is 0.358 e. The first-order valence-corrected chi connectivity index (χ1v) is 9.03. The van der Waals surface area contributed by atoms with Gasteiger partial charge in [-0.05, 0) is 51.7 Å². The molecule has 1 aromatic heterocycles. The van der Waals surface area contributed by atoms with Gasteiger partial charge in [-0.2, -0.15) is 0 Å². The topological polar surface area (TPSA) is 85.7 Å². The van der Waals surface area contributed by atoms with E-state index >= 15 is 0 Å². The second-order valence-electron chi connectivity index (χ2n) is 7.05. The second kappa shape index (κ2) is 11.2. The number of aromatic carboxylic acids is 1. The van der Waals surface area contributed by atoms with Crippen molar-refractivity contribution in [3.8, 4) is 5.75 Å². The number of carbonyl (C=O) groups excluding carboxylic acids is 1. The normalized spacial score (nSPS) is 11.3. The van der Waals surface area contributed by atoms with Gasteiger partial charge in [0.25, 0.3) is 0 Å². The van der Waals surface area contributed by atoms with Crippen LogP contribution in [-0.4, -0.2) is 35.2 Å². The molecule has 0 atom stereocenters. The molecule has 0 aromatic carbocycles. The second-order valence-corrected chi connectivity index (χ2v) is 7.05. The molecule has 1 heterocycles.